The number of nitrogen functional groups attached to an aromatic ring is 1. The van der Waals surface area contributed by atoms with Gasteiger partial charge in [-0.25, -0.2) is 8.42 Å². The van der Waals surface area contributed by atoms with Gasteiger partial charge in [0.1, 0.15) is 4.90 Å². The molecule has 4 nitrogen and oxygen atoms in total. The molecule has 6 heteroatoms. The van der Waals surface area contributed by atoms with Crippen molar-refractivity contribution in [1.29, 1.82) is 0 Å². The van der Waals surface area contributed by atoms with Crippen LogP contribution in [0, 0.1) is 6.92 Å². The Labute approximate surface area is 127 Å². The highest BCUT2D eigenvalue weighted by Gasteiger charge is 2.24. The minimum Gasteiger partial charge on any atom is -0.399 e. The van der Waals surface area contributed by atoms with Crippen LogP contribution in [0.15, 0.2) is 51.8 Å². The van der Waals surface area contributed by atoms with Crippen LogP contribution in [0.4, 0.5) is 11.4 Å². The minimum atomic E-state index is -3.66. The molecule has 2 rings (SSSR count). The second-order valence-electron chi connectivity index (χ2n) is 4.45. The molecule has 0 amide bonds. The van der Waals surface area contributed by atoms with Gasteiger partial charge in [-0.2, -0.15) is 0 Å². The van der Waals surface area contributed by atoms with E-state index in [0.29, 0.717) is 15.8 Å². The van der Waals surface area contributed by atoms with Crippen LogP contribution in [0.1, 0.15) is 5.56 Å². The summed E-state index contributed by atoms with van der Waals surface area (Å²) in [5.74, 6) is 0. The molecular weight excluding hydrogens is 340 g/mol. The number of anilines is 2. The molecule has 0 bridgehead atoms. The number of rotatable bonds is 3. The van der Waals surface area contributed by atoms with Gasteiger partial charge >= 0.3 is 0 Å². The van der Waals surface area contributed by atoms with Crippen molar-refractivity contribution < 1.29 is 8.42 Å². The molecule has 0 aromatic heterocycles. The van der Waals surface area contributed by atoms with Crippen LogP contribution in [0.5, 0.6) is 0 Å². The lowest BCUT2D eigenvalue weighted by Crippen LogP contribution is -2.27. The Kier molecular flexibility index (Phi) is 4.06. The molecule has 0 unspecified atom stereocenters. The molecule has 0 atom stereocenters. The lowest BCUT2D eigenvalue weighted by Gasteiger charge is -2.22. The molecule has 0 spiro atoms. The van der Waals surface area contributed by atoms with E-state index >= 15 is 0 Å². The van der Waals surface area contributed by atoms with Crippen molar-refractivity contribution in [3.05, 3.63) is 52.5 Å². The van der Waals surface area contributed by atoms with E-state index < -0.39 is 10.0 Å². The zero-order valence-electron chi connectivity index (χ0n) is 11.2. The summed E-state index contributed by atoms with van der Waals surface area (Å²) in [6, 6.07) is 12.1. The lowest BCUT2D eigenvalue weighted by molar-refractivity contribution is 0.594. The second kappa shape index (κ2) is 5.46. The smallest absolute Gasteiger partial charge is 0.265 e. The van der Waals surface area contributed by atoms with E-state index in [1.54, 1.807) is 18.2 Å². The van der Waals surface area contributed by atoms with Gasteiger partial charge in [0.2, 0.25) is 0 Å². The zero-order chi connectivity index (χ0) is 14.9. The number of halogens is 1. The first-order chi connectivity index (χ1) is 9.34. The van der Waals surface area contributed by atoms with Crippen molar-refractivity contribution in [3.63, 3.8) is 0 Å². The summed E-state index contributed by atoms with van der Waals surface area (Å²) in [5, 5.41) is 0. The molecule has 0 aliphatic rings. The predicted molar refractivity (Wildman–Crippen MR) is 85.3 cm³/mol. The maximum Gasteiger partial charge on any atom is 0.265 e. The first-order valence-electron chi connectivity index (χ1n) is 5.93. The molecule has 0 heterocycles. The van der Waals surface area contributed by atoms with E-state index in [0.717, 1.165) is 5.56 Å². The summed E-state index contributed by atoms with van der Waals surface area (Å²) in [6.45, 7) is 1.87. The first-order valence-corrected chi connectivity index (χ1v) is 8.17. The monoisotopic (exact) mass is 354 g/mol. The molecule has 0 fully saturated rings. The van der Waals surface area contributed by atoms with E-state index in [-0.39, 0.29) is 4.90 Å². The van der Waals surface area contributed by atoms with Gasteiger partial charge in [0, 0.05) is 17.2 Å². The fraction of sp³-hybridized carbons (Fsp3) is 0.143. The Morgan fingerprint density at radius 3 is 2.45 bits per heavy atom. The number of hydrogen-bond donors (Lipinski definition) is 1. The molecule has 20 heavy (non-hydrogen) atoms. The molecule has 106 valence electrons. The van der Waals surface area contributed by atoms with Crippen LogP contribution < -0.4 is 10.0 Å². The van der Waals surface area contributed by atoms with Gasteiger partial charge in [-0.15, -0.1) is 0 Å². The molecule has 2 N–H and O–H groups in total. The van der Waals surface area contributed by atoms with Gasteiger partial charge < -0.3 is 5.73 Å². The molecular formula is C14H15BrN2O2S. The van der Waals surface area contributed by atoms with E-state index in [2.05, 4.69) is 15.9 Å². The quantitative estimate of drug-likeness (QED) is 0.861. The van der Waals surface area contributed by atoms with Crippen molar-refractivity contribution >= 4 is 37.3 Å². The third-order valence-electron chi connectivity index (χ3n) is 3.05. The van der Waals surface area contributed by atoms with Crippen LogP contribution in [-0.2, 0) is 10.0 Å². The average Bonchev–Trinajstić information content (AvgIpc) is 2.41. The highest BCUT2D eigenvalue weighted by molar-refractivity contribution is 9.10. The summed E-state index contributed by atoms with van der Waals surface area (Å²) < 4.78 is 27.2. The molecule has 0 aliphatic carbocycles. The van der Waals surface area contributed by atoms with Gasteiger partial charge in [0.05, 0.1) is 5.69 Å². The van der Waals surface area contributed by atoms with Gasteiger partial charge in [0.25, 0.3) is 10.0 Å². The Morgan fingerprint density at radius 2 is 1.80 bits per heavy atom. The van der Waals surface area contributed by atoms with Crippen LogP contribution >= 0.6 is 15.9 Å². The molecule has 2 aromatic rings. The summed E-state index contributed by atoms with van der Waals surface area (Å²) in [5.41, 5.74) is 7.62. The number of sulfonamides is 1. The molecule has 2 aromatic carbocycles. The van der Waals surface area contributed by atoms with Gasteiger partial charge in [-0.05, 0) is 52.7 Å². The Hall–Kier alpha value is -1.53. The highest BCUT2D eigenvalue weighted by atomic mass is 79.9. The molecule has 0 saturated carbocycles. The largest absolute Gasteiger partial charge is 0.399 e. The van der Waals surface area contributed by atoms with Gasteiger partial charge in [-0.1, -0.05) is 18.2 Å². The lowest BCUT2D eigenvalue weighted by atomic mass is 10.2. The molecule has 0 radical (unpaired) electrons. The normalized spacial score (nSPS) is 11.3. The third-order valence-corrected chi connectivity index (χ3v) is 5.81. The predicted octanol–water partition coefficient (Wildman–Crippen LogP) is 3.16. The van der Waals surface area contributed by atoms with Crippen molar-refractivity contribution in [1.82, 2.24) is 0 Å². The Bertz CT molecular complexity index is 745. The van der Waals surface area contributed by atoms with Crippen LogP contribution in [0.25, 0.3) is 0 Å². The average molecular weight is 355 g/mol. The number of nitrogens with two attached hydrogens (primary N) is 1. The van der Waals surface area contributed by atoms with Crippen molar-refractivity contribution in [2.75, 3.05) is 17.1 Å². The van der Waals surface area contributed by atoms with Gasteiger partial charge in [0.15, 0.2) is 0 Å². The summed E-state index contributed by atoms with van der Waals surface area (Å²) in [4.78, 5) is 0.156. The Morgan fingerprint density at radius 1 is 1.15 bits per heavy atom. The standard InChI is InChI=1S/C14H15BrN2O2S/c1-10-5-3-4-6-13(10)17(2)20(18,19)14-9-11(16)7-8-12(14)15/h3-9H,16H2,1-2H3. The van der Waals surface area contributed by atoms with Crippen molar-refractivity contribution in [2.45, 2.75) is 11.8 Å². The number of nitrogens with zero attached hydrogens (tertiary/aromatic N) is 1. The number of hydrogen-bond acceptors (Lipinski definition) is 3. The number of para-hydroxylation sites is 1. The van der Waals surface area contributed by atoms with Crippen LogP contribution in [0.3, 0.4) is 0 Å². The van der Waals surface area contributed by atoms with Gasteiger partial charge in [-0.3, -0.25) is 4.31 Å². The summed E-state index contributed by atoms with van der Waals surface area (Å²) >= 11 is 3.26. The van der Waals surface area contributed by atoms with E-state index in [4.69, 9.17) is 5.73 Å². The van der Waals surface area contributed by atoms with Crippen LogP contribution in [0.2, 0.25) is 0 Å². The van der Waals surface area contributed by atoms with Crippen LogP contribution in [-0.4, -0.2) is 15.5 Å². The topological polar surface area (TPSA) is 63.4 Å². The fourth-order valence-corrected chi connectivity index (χ4v) is 4.13. The van der Waals surface area contributed by atoms with Crippen molar-refractivity contribution in [3.8, 4) is 0 Å². The zero-order valence-corrected chi connectivity index (χ0v) is 13.6. The maximum absolute atomic E-state index is 12.7. The summed E-state index contributed by atoms with van der Waals surface area (Å²) in [7, 11) is -2.13. The first kappa shape index (κ1) is 14.9. The SMILES string of the molecule is Cc1ccccc1N(C)S(=O)(=O)c1cc(N)ccc1Br. The number of benzene rings is 2. The fourth-order valence-electron chi connectivity index (χ4n) is 1.91. The summed E-state index contributed by atoms with van der Waals surface area (Å²) in [6.07, 6.45) is 0. The maximum atomic E-state index is 12.7. The van der Waals surface area contributed by atoms with Crippen molar-refractivity contribution in [2.24, 2.45) is 0 Å². The van der Waals surface area contributed by atoms with E-state index in [1.807, 2.05) is 25.1 Å². The minimum absolute atomic E-state index is 0.156. The highest BCUT2D eigenvalue weighted by Crippen LogP contribution is 2.30. The Balaban J connectivity index is 2.56. The van der Waals surface area contributed by atoms with E-state index in [1.165, 1.54) is 17.4 Å². The third kappa shape index (κ3) is 2.66. The number of aryl methyl sites for hydroxylation is 1. The second-order valence-corrected chi connectivity index (χ2v) is 7.24. The van der Waals surface area contributed by atoms with E-state index in [9.17, 15) is 8.42 Å². The molecule has 0 aliphatic heterocycles. The molecule has 0 saturated heterocycles.